The Labute approximate surface area is 237 Å². The second-order valence-corrected chi connectivity index (χ2v) is 10.6. The number of benzene rings is 1. The van der Waals surface area contributed by atoms with Crippen molar-refractivity contribution in [2.45, 2.75) is 70.6 Å². The lowest BCUT2D eigenvalue weighted by atomic mass is 9.81. The number of aliphatic hydroxyl groups is 1. The van der Waals surface area contributed by atoms with Gasteiger partial charge in [0.2, 0.25) is 12.2 Å². The van der Waals surface area contributed by atoms with Crippen LogP contribution < -0.4 is 0 Å². The van der Waals surface area contributed by atoms with Crippen LogP contribution in [0.15, 0.2) is 42.3 Å². The van der Waals surface area contributed by atoms with Crippen LogP contribution in [0.4, 0.5) is 0 Å². The van der Waals surface area contributed by atoms with E-state index >= 15 is 0 Å². The van der Waals surface area contributed by atoms with Crippen molar-refractivity contribution >= 4 is 22.7 Å². The first-order valence-electron chi connectivity index (χ1n) is 14.6. The Hall–Kier alpha value is -2.72. The van der Waals surface area contributed by atoms with Gasteiger partial charge in [-0.15, -0.1) is 0 Å². The Kier molecular flexibility index (Phi) is 11.2. The zero-order chi connectivity index (χ0) is 28.5. The van der Waals surface area contributed by atoms with Crippen LogP contribution in [0, 0.1) is 5.92 Å². The summed E-state index contributed by atoms with van der Waals surface area (Å²) in [4.78, 5) is 28.1. The van der Waals surface area contributed by atoms with Crippen LogP contribution in [0.1, 0.15) is 68.6 Å². The van der Waals surface area contributed by atoms with Crippen LogP contribution in [0.3, 0.4) is 0 Å². The molecule has 1 fully saturated rings. The van der Waals surface area contributed by atoms with Gasteiger partial charge in [-0.2, -0.15) is 0 Å². The first kappa shape index (κ1) is 30.2. The van der Waals surface area contributed by atoms with Gasteiger partial charge in [0.05, 0.1) is 31.9 Å². The van der Waals surface area contributed by atoms with Crippen LogP contribution in [0.5, 0.6) is 0 Å². The molecule has 1 aliphatic carbocycles. The van der Waals surface area contributed by atoms with Gasteiger partial charge in [-0.3, -0.25) is 14.2 Å². The van der Waals surface area contributed by atoms with E-state index in [1.807, 2.05) is 55.4 Å². The molecule has 1 aromatic heterocycles. The van der Waals surface area contributed by atoms with Gasteiger partial charge in [0.25, 0.3) is 5.91 Å². The van der Waals surface area contributed by atoms with E-state index in [4.69, 9.17) is 24.1 Å². The van der Waals surface area contributed by atoms with Crippen LogP contribution >= 0.6 is 0 Å². The topological polar surface area (TPSA) is 99.5 Å². The highest BCUT2D eigenvalue weighted by Crippen LogP contribution is 2.42. The molecule has 3 unspecified atom stereocenters. The summed E-state index contributed by atoms with van der Waals surface area (Å²) in [5.74, 6) is -0.292. The Morgan fingerprint density at radius 3 is 2.50 bits per heavy atom. The van der Waals surface area contributed by atoms with E-state index in [1.54, 1.807) is 11.5 Å². The van der Waals surface area contributed by atoms with Crippen molar-refractivity contribution in [1.82, 2.24) is 9.47 Å². The molecule has 0 bridgehead atoms. The number of aromatic nitrogens is 1. The quantitative estimate of drug-likeness (QED) is 0.363. The Morgan fingerprint density at radius 2 is 1.80 bits per heavy atom. The van der Waals surface area contributed by atoms with Crippen LogP contribution in [0.2, 0.25) is 0 Å². The third kappa shape index (κ3) is 7.13. The molecule has 2 aromatic rings. The molecule has 1 aromatic carbocycles. The minimum absolute atomic E-state index is 0.0195. The second kappa shape index (κ2) is 14.8. The number of rotatable bonds is 13. The van der Waals surface area contributed by atoms with E-state index in [1.165, 1.54) is 6.42 Å². The molecular weight excluding hydrogens is 512 g/mol. The zero-order valence-corrected chi connectivity index (χ0v) is 24.0. The third-order valence-electron chi connectivity index (χ3n) is 8.01. The average Bonchev–Trinajstić information content (AvgIpc) is 3.37. The zero-order valence-electron chi connectivity index (χ0n) is 24.0. The highest BCUT2D eigenvalue weighted by atomic mass is 16.7. The number of hydrogen-bond donors (Lipinski definition) is 1. The first-order valence-corrected chi connectivity index (χ1v) is 14.6. The van der Waals surface area contributed by atoms with Crippen molar-refractivity contribution < 1.29 is 33.6 Å². The number of carbonyl (C=O) groups is 2. The van der Waals surface area contributed by atoms with Crippen molar-refractivity contribution in [3.8, 4) is 0 Å². The normalized spacial score (nSPS) is 21.7. The summed E-state index contributed by atoms with van der Waals surface area (Å²) in [6, 6.07) is 8.05. The highest BCUT2D eigenvalue weighted by molar-refractivity contribution is 5.95. The van der Waals surface area contributed by atoms with Gasteiger partial charge < -0.3 is 29.0 Å². The number of carbonyl (C=O) groups excluding carboxylic acids is 2. The monoisotopic (exact) mass is 556 g/mol. The molecule has 0 saturated heterocycles. The number of ether oxygens (including phenoxy) is 4. The molecule has 0 spiro atoms. The lowest BCUT2D eigenvalue weighted by Crippen LogP contribution is -2.43. The average molecular weight is 557 g/mol. The smallest absolute Gasteiger partial charge is 0.288 e. The fourth-order valence-corrected chi connectivity index (χ4v) is 5.93. The van der Waals surface area contributed by atoms with E-state index < -0.39 is 6.29 Å². The molecule has 2 heterocycles. The van der Waals surface area contributed by atoms with Crippen LogP contribution in [-0.2, 0) is 23.7 Å². The van der Waals surface area contributed by atoms with Crippen molar-refractivity contribution in [3.05, 3.63) is 47.9 Å². The predicted molar refractivity (Wildman–Crippen MR) is 152 cm³/mol. The second-order valence-electron chi connectivity index (χ2n) is 10.6. The van der Waals surface area contributed by atoms with Crippen molar-refractivity contribution in [2.75, 3.05) is 46.7 Å². The maximum atomic E-state index is 13.8. The largest absolute Gasteiger partial charge is 0.459 e. The van der Waals surface area contributed by atoms with Crippen molar-refractivity contribution in [2.24, 2.45) is 5.92 Å². The minimum atomic E-state index is -0.646. The highest BCUT2D eigenvalue weighted by Gasteiger charge is 2.40. The number of aliphatic hydroxyl groups excluding tert-OH is 1. The lowest BCUT2D eigenvalue weighted by Gasteiger charge is -2.38. The van der Waals surface area contributed by atoms with Crippen LogP contribution in [-0.4, -0.2) is 85.4 Å². The molecule has 4 rings (SSSR count). The van der Waals surface area contributed by atoms with Gasteiger partial charge in [-0.1, -0.05) is 37.5 Å². The molecular formula is C31H44N2O7. The van der Waals surface area contributed by atoms with Gasteiger partial charge in [-0.25, -0.2) is 0 Å². The number of amides is 1. The van der Waals surface area contributed by atoms with Gasteiger partial charge >= 0.3 is 0 Å². The van der Waals surface area contributed by atoms with Gasteiger partial charge in [0.15, 0.2) is 5.76 Å². The van der Waals surface area contributed by atoms with E-state index in [9.17, 15) is 9.59 Å². The predicted octanol–water partition coefficient (Wildman–Crippen LogP) is 4.48. The summed E-state index contributed by atoms with van der Waals surface area (Å²) in [6.07, 6.45) is 9.27. The Balaban J connectivity index is 1.67. The Morgan fingerprint density at radius 1 is 1.07 bits per heavy atom. The van der Waals surface area contributed by atoms with Gasteiger partial charge in [0, 0.05) is 56.6 Å². The fourth-order valence-electron chi connectivity index (χ4n) is 5.93. The first-order chi connectivity index (χ1) is 19.5. The molecule has 1 N–H and O–H groups in total. The van der Waals surface area contributed by atoms with E-state index in [-0.39, 0.29) is 42.9 Å². The maximum absolute atomic E-state index is 13.8. The fraction of sp³-hybridized carbons (Fsp3) is 0.613. The van der Waals surface area contributed by atoms with Crippen molar-refractivity contribution in [1.29, 1.82) is 0 Å². The maximum Gasteiger partial charge on any atom is 0.288 e. The molecule has 2 aliphatic rings. The summed E-state index contributed by atoms with van der Waals surface area (Å²) in [6.45, 7) is 5.42. The van der Waals surface area contributed by atoms with Crippen LogP contribution in [0.25, 0.3) is 10.9 Å². The SMILES string of the molecule is CCOC1OC(C(=O)N(C)C2CCCCC2)=CC(c2cn(C(C)=O)c3ccccc23)C1CCOCCOCCO. The Bertz CT molecular complexity index is 1150. The molecule has 40 heavy (non-hydrogen) atoms. The summed E-state index contributed by atoms with van der Waals surface area (Å²) in [5, 5.41) is 9.85. The van der Waals surface area contributed by atoms with Gasteiger partial charge in [-0.05, 0) is 43.9 Å². The molecule has 1 amide bonds. The van der Waals surface area contributed by atoms with E-state index in [2.05, 4.69) is 0 Å². The summed E-state index contributed by atoms with van der Waals surface area (Å²) in [5.41, 5.74) is 1.79. The number of allylic oxidation sites excluding steroid dienone is 1. The number of para-hydroxylation sites is 1. The van der Waals surface area contributed by atoms with Gasteiger partial charge in [0.1, 0.15) is 0 Å². The molecule has 9 heteroatoms. The molecule has 3 atom stereocenters. The molecule has 0 radical (unpaired) electrons. The summed E-state index contributed by atoms with van der Waals surface area (Å²) in [7, 11) is 1.87. The molecule has 220 valence electrons. The standard InChI is InChI=1S/C31H44N2O7/c1-4-39-31-25(14-16-37-18-19-38-17-15-34)26(27-21-33(22(2)35)28-13-9-8-12-24(27)28)20-29(40-31)30(36)32(3)23-10-6-5-7-11-23/h8-9,12-13,20-21,23,25-26,31,34H,4-7,10-11,14-19H2,1-3H3. The van der Waals surface area contributed by atoms with E-state index in [0.717, 1.165) is 42.1 Å². The number of fused-ring (bicyclic) bond motifs is 1. The third-order valence-corrected chi connectivity index (χ3v) is 8.01. The minimum Gasteiger partial charge on any atom is -0.459 e. The van der Waals surface area contributed by atoms with E-state index in [0.29, 0.717) is 38.6 Å². The summed E-state index contributed by atoms with van der Waals surface area (Å²) >= 11 is 0. The molecule has 1 aliphatic heterocycles. The number of hydrogen-bond acceptors (Lipinski definition) is 7. The molecule has 1 saturated carbocycles. The van der Waals surface area contributed by atoms with Crippen molar-refractivity contribution in [3.63, 3.8) is 0 Å². The molecule has 9 nitrogen and oxygen atoms in total. The number of nitrogens with zero attached hydrogens (tertiary/aromatic N) is 2. The number of likely N-dealkylation sites (N-methyl/N-ethyl adjacent to an activating group) is 1. The lowest BCUT2D eigenvalue weighted by molar-refractivity contribution is -0.172. The summed E-state index contributed by atoms with van der Waals surface area (Å²) < 4.78 is 25.2.